The van der Waals surface area contributed by atoms with E-state index < -0.39 is 10.0 Å². The van der Waals surface area contributed by atoms with Gasteiger partial charge < -0.3 is 4.90 Å². The van der Waals surface area contributed by atoms with Crippen LogP contribution in [0.25, 0.3) is 10.8 Å². The van der Waals surface area contributed by atoms with E-state index in [1.54, 1.807) is 48.5 Å². The third-order valence-corrected chi connectivity index (χ3v) is 7.16. The highest BCUT2D eigenvalue weighted by Gasteiger charge is 2.30. The van der Waals surface area contributed by atoms with Crippen LogP contribution in [0.4, 0.5) is 10.1 Å². The maximum Gasteiger partial charge on any atom is 0.243 e. The molecule has 0 bridgehead atoms. The van der Waals surface area contributed by atoms with Gasteiger partial charge in [-0.1, -0.05) is 48.0 Å². The molecule has 0 amide bonds. The standard InChI is InChI=1S/C20H18ClFN2O2S/c21-17-7-3-6-16-15(17)5-4-10-20(16)27(25,26)24-13-11-23(12-14-24)19-9-2-1-8-18(19)22/h1-10H,11-14H2. The third kappa shape index (κ3) is 3.29. The highest BCUT2D eigenvalue weighted by atomic mass is 35.5. The van der Waals surface area contributed by atoms with Crippen molar-refractivity contribution in [3.63, 3.8) is 0 Å². The Morgan fingerprint density at radius 2 is 1.48 bits per heavy atom. The summed E-state index contributed by atoms with van der Waals surface area (Å²) in [4.78, 5) is 2.13. The second kappa shape index (κ2) is 7.11. The molecule has 1 saturated heterocycles. The highest BCUT2D eigenvalue weighted by molar-refractivity contribution is 7.89. The summed E-state index contributed by atoms with van der Waals surface area (Å²) in [5.41, 5.74) is 0.506. The van der Waals surface area contributed by atoms with Gasteiger partial charge in [0.05, 0.1) is 10.6 Å². The predicted octanol–water partition coefficient (Wildman–Crippen LogP) is 4.14. The van der Waals surface area contributed by atoms with Gasteiger partial charge in [0.25, 0.3) is 0 Å². The number of anilines is 1. The fraction of sp³-hybridized carbons (Fsp3) is 0.200. The summed E-state index contributed by atoms with van der Waals surface area (Å²) in [6.07, 6.45) is 0. The number of hydrogen-bond donors (Lipinski definition) is 0. The van der Waals surface area contributed by atoms with Crippen LogP contribution in [0.5, 0.6) is 0 Å². The van der Waals surface area contributed by atoms with Crippen molar-refractivity contribution in [1.29, 1.82) is 0 Å². The lowest BCUT2D eigenvalue weighted by Gasteiger charge is -2.35. The minimum absolute atomic E-state index is 0.252. The first-order valence-electron chi connectivity index (χ1n) is 8.65. The molecule has 140 valence electrons. The third-order valence-electron chi connectivity index (χ3n) is 4.88. The molecule has 0 radical (unpaired) electrons. The molecule has 0 saturated carbocycles. The number of nitrogens with zero attached hydrogens (tertiary/aromatic N) is 2. The van der Waals surface area contributed by atoms with E-state index in [0.717, 1.165) is 0 Å². The minimum Gasteiger partial charge on any atom is -0.367 e. The van der Waals surface area contributed by atoms with Crippen molar-refractivity contribution < 1.29 is 12.8 Å². The zero-order valence-corrected chi connectivity index (χ0v) is 16.0. The number of para-hydroxylation sites is 1. The molecule has 1 heterocycles. The molecule has 1 aliphatic heterocycles. The molecule has 0 atom stereocenters. The second-order valence-corrected chi connectivity index (χ2v) is 8.75. The number of hydrogen-bond acceptors (Lipinski definition) is 3. The van der Waals surface area contributed by atoms with Gasteiger partial charge in [0, 0.05) is 42.0 Å². The molecule has 0 N–H and O–H groups in total. The lowest BCUT2D eigenvalue weighted by atomic mass is 10.1. The van der Waals surface area contributed by atoms with Gasteiger partial charge in [-0.15, -0.1) is 0 Å². The van der Waals surface area contributed by atoms with Crippen molar-refractivity contribution in [1.82, 2.24) is 4.31 Å². The minimum atomic E-state index is -3.67. The van der Waals surface area contributed by atoms with Gasteiger partial charge in [-0.3, -0.25) is 0 Å². The number of fused-ring (bicyclic) bond motifs is 1. The molecule has 1 fully saturated rings. The lowest BCUT2D eigenvalue weighted by molar-refractivity contribution is 0.383. The summed E-state index contributed by atoms with van der Waals surface area (Å²) < 4.78 is 41.9. The molecule has 0 aromatic heterocycles. The normalized spacial score (nSPS) is 16.0. The summed E-state index contributed by atoms with van der Waals surface area (Å²) in [6, 6.07) is 16.9. The molecule has 0 unspecified atom stereocenters. The van der Waals surface area contributed by atoms with E-state index in [0.29, 0.717) is 47.7 Å². The van der Waals surface area contributed by atoms with E-state index in [9.17, 15) is 12.8 Å². The molecule has 4 rings (SSSR count). The molecular formula is C20H18ClFN2O2S. The Balaban J connectivity index is 1.62. The zero-order valence-electron chi connectivity index (χ0n) is 14.5. The van der Waals surface area contributed by atoms with E-state index in [1.165, 1.54) is 10.4 Å². The Morgan fingerprint density at radius 3 is 2.22 bits per heavy atom. The molecule has 4 nitrogen and oxygen atoms in total. The topological polar surface area (TPSA) is 40.6 Å². The van der Waals surface area contributed by atoms with Gasteiger partial charge >= 0.3 is 0 Å². The smallest absolute Gasteiger partial charge is 0.243 e. The number of piperazine rings is 1. The summed E-state index contributed by atoms with van der Waals surface area (Å²) in [6.45, 7) is 1.47. The molecule has 27 heavy (non-hydrogen) atoms. The van der Waals surface area contributed by atoms with E-state index in [-0.39, 0.29) is 10.7 Å². The number of halogens is 2. The van der Waals surface area contributed by atoms with Crippen molar-refractivity contribution in [3.05, 3.63) is 71.5 Å². The van der Waals surface area contributed by atoms with Crippen molar-refractivity contribution in [2.24, 2.45) is 0 Å². The summed E-state index contributed by atoms with van der Waals surface area (Å²) in [5, 5.41) is 1.85. The van der Waals surface area contributed by atoms with Gasteiger partial charge in [0.1, 0.15) is 5.82 Å². The average molecular weight is 405 g/mol. The highest BCUT2D eigenvalue weighted by Crippen LogP contribution is 2.31. The van der Waals surface area contributed by atoms with Crippen LogP contribution in [0.2, 0.25) is 5.02 Å². The fourth-order valence-electron chi connectivity index (χ4n) is 3.48. The average Bonchev–Trinajstić information content (AvgIpc) is 2.68. The molecule has 3 aromatic rings. The van der Waals surface area contributed by atoms with E-state index >= 15 is 0 Å². The number of benzene rings is 3. The van der Waals surface area contributed by atoms with Crippen LogP contribution in [-0.4, -0.2) is 38.9 Å². The Hall–Kier alpha value is -2.15. The zero-order chi connectivity index (χ0) is 19.0. The summed E-state index contributed by atoms with van der Waals surface area (Å²) in [7, 11) is -3.67. The van der Waals surface area contributed by atoms with Gasteiger partial charge in [-0.05, 0) is 24.3 Å². The summed E-state index contributed by atoms with van der Waals surface area (Å²) in [5.74, 6) is -0.294. The van der Waals surface area contributed by atoms with Gasteiger partial charge in [0.15, 0.2) is 0 Å². The SMILES string of the molecule is O=S(=O)(c1cccc2c(Cl)cccc12)N1CCN(c2ccccc2F)CC1. The Morgan fingerprint density at radius 1 is 0.815 bits per heavy atom. The largest absolute Gasteiger partial charge is 0.367 e. The fourth-order valence-corrected chi connectivity index (χ4v) is 5.35. The van der Waals surface area contributed by atoms with Crippen molar-refractivity contribution in [3.8, 4) is 0 Å². The van der Waals surface area contributed by atoms with E-state index in [1.807, 2.05) is 11.0 Å². The Labute approximate surface area is 162 Å². The van der Waals surface area contributed by atoms with Crippen LogP contribution in [0.15, 0.2) is 65.6 Å². The first-order valence-corrected chi connectivity index (χ1v) is 10.5. The molecular weight excluding hydrogens is 387 g/mol. The van der Waals surface area contributed by atoms with E-state index in [4.69, 9.17) is 11.6 Å². The van der Waals surface area contributed by atoms with Crippen molar-refractivity contribution >= 4 is 38.1 Å². The Kier molecular flexibility index (Phi) is 4.80. The van der Waals surface area contributed by atoms with E-state index in [2.05, 4.69) is 0 Å². The summed E-state index contributed by atoms with van der Waals surface area (Å²) >= 11 is 6.22. The van der Waals surface area contributed by atoms with Crippen molar-refractivity contribution in [2.75, 3.05) is 31.1 Å². The number of sulfonamides is 1. The molecule has 0 aliphatic carbocycles. The molecule has 1 aliphatic rings. The van der Waals surface area contributed by atoms with Crippen LogP contribution in [0.1, 0.15) is 0 Å². The second-order valence-electron chi connectivity index (χ2n) is 6.43. The van der Waals surface area contributed by atoms with Crippen molar-refractivity contribution in [2.45, 2.75) is 4.90 Å². The monoisotopic (exact) mass is 404 g/mol. The van der Waals surface area contributed by atoms with Gasteiger partial charge in [-0.25, -0.2) is 12.8 Å². The molecule has 7 heteroatoms. The lowest BCUT2D eigenvalue weighted by Crippen LogP contribution is -2.48. The van der Waals surface area contributed by atoms with Crippen LogP contribution in [-0.2, 0) is 10.0 Å². The van der Waals surface area contributed by atoms with Gasteiger partial charge in [-0.2, -0.15) is 4.31 Å². The van der Waals surface area contributed by atoms with Crippen LogP contribution < -0.4 is 4.90 Å². The van der Waals surface area contributed by atoms with Gasteiger partial charge in [0.2, 0.25) is 10.0 Å². The maximum atomic E-state index is 14.0. The van der Waals surface area contributed by atoms with Crippen LogP contribution >= 0.6 is 11.6 Å². The molecule has 0 spiro atoms. The first-order chi connectivity index (χ1) is 13.0. The van der Waals surface area contributed by atoms with Crippen LogP contribution in [0, 0.1) is 5.82 Å². The predicted molar refractivity (Wildman–Crippen MR) is 106 cm³/mol. The maximum absolute atomic E-state index is 14.0. The quantitative estimate of drug-likeness (QED) is 0.658. The van der Waals surface area contributed by atoms with Crippen LogP contribution in [0.3, 0.4) is 0 Å². The molecule has 3 aromatic carbocycles. The first kappa shape index (κ1) is 18.2. The Bertz CT molecular complexity index is 1100. The number of rotatable bonds is 3.